The van der Waals surface area contributed by atoms with E-state index in [0.29, 0.717) is 29.2 Å². The highest BCUT2D eigenvalue weighted by Crippen LogP contribution is 2.38. The third-order valence-electron chi connectivity index (χ3n) is 4.76. The normalized spacial score (nSPS) is 12.5. The minimum Gasteiger partial charge on any atom is -0.493 e. The van der Waals surface area contributed by atoms with Crippen LogP contribution < -0.4 is 14.2 Å². The van der Waals surface area contributed by atoms with E-state index in [-0.39, 0.29) is 24.6 Å². The van der Waals surface area contributed by atoms with Crippen LogP contribution in [-0.2, 0) is 4.74 Å². The van der Waals surface area contributed by atoms with Crippen LogP contribution in [0.4, 0.5) is 0 Å². The Balaban J connectivity index is 0.00000420. The lowest BCUT2D eigenvalue weighted by molar-refractivity contribution is 0.0223. The van der Waals surface area contributed by atoms with Gasteiger partial charge in [0.25, 0.3) is 0 Å². The van der Waals surface area contributed by atoms with Gasteiger partial charge in [0, 0.05) is 12.5 Å². The molecule has 0 heterocycles. The molecule has 0 amide bonds. The molecule has 0 aliphatic carbocycles. The number of hydrogen-bond donors (Lipinski definition) is 0. The first kappa shape index (κ1) is 24.6. The number of esters is 1. The molecule has 0 N–H and O–H groups in total. The number of hydrogen-bond acceptors (Lipinski definition) is 6. The fraction of sp³-hybridized carbons (Fsp3) is 0.409. The molecule has 7 heteroatoms. The Bertz CT molecular complexity index is 757. The first-order valence-corrected chi connectivity index (χ1v) is 9.13. The van der Waals surface area contributed by atoms with Gasteiger partial charge in [-0.25, -0.2) is 4.79 Å². The zero-order valence-corrected chi connectivity index (χ0v) is 18.6. The van der Waals surface area contributed by atoms with Crippen molar-refractivity contribution >= 4 is 18.4 Å². The van der Waals surface area contributed by atoms with Gasteiger partial charge >= 0.3 is 5.97 Å². The van der Waals surface area contributed by atoms with E-state index in [9.17, 15) is 4.79 Å². The molecule has 2 rings (SSSR count). The molecule has 0 aliphatic heterocycles. The molecule has 160 valence electrons. The summed E-state index contributed by atoms with van der Waals surface area (Å²) in [5, 5.41) is 0. The summed E-state index contributed by atoms with van der Waals surface area (Å²) in [7, 11) is 8.56. The lowest BCUT2D eigenvalue weighted by Crippen LogP contribution is -2.28. The summed E-state index contributed by atoms with van der Waals surface area (Å²) < 4.78 is 21.9. The van der Waals surface area contributed by atoms with Crippen molar-refractivity contribution in [3.8, 4) is 17.2 Å². The van der Waals surface area contributed by atoms with Gasteiger partial charge in [0.05, 0.1) is 26.9 Å². The van der Waals surface area contributed by atoms with Crippen molar-refractivity contribution in [3.63, 3.8) is 0 Å². The Morgan fingerprint density at radius 3 is 1.97 bits per heavy atom. The van der Waals surface area contributed by atoms with Gasteiger partial charge in [0.1, 0.15) is 6.10 Å². The minimum absolute atomic E-state index is 0. The van der Waals surface area contributed by atoms with Crippen LogP contribution >= 0.6 is 12.4 Å². The van der Waals surface area contributed by atoms with Gasteiger partial charge in [-0.1, -0.05) is 30.3 Å². The van der Waals surface area contributed by atoms with Crippen LogP contribution in [0, 0.1) is 0 Å². The molecular formula is C22H30ClNO5. The molecule has 0 bridgehead atoms. The number of nitrogens with zero attached hydrogens (tertiary/aromatic N) is 1. The Morgan fingerprint density at radius 2 is 1.52 bits per heavy atom. The van der Waals surface area contributed by atoms with Crippen molar-refractivity contribution < 1.29 is 23.7 Å². The van der Waals surface area contributed by atoms with Crippen molar-refractivity contribution in [2.75, 3.05) is 35.4 Å². The van der Waals surface area contributed by atoms with Gasteiger partial charge in [-0.05, 0) is 38.7 Å². The number of benzene rings is 2. The molecule has 0 fully saturated rings. The van der Waals surface area contributed by atoms with Crippen molar-refractivity contribution in [1.82, 2.24) is 4.90 Å². The minimum atomic E-state index is -0.445. The van der Waals surface area contributed by atoms with Crippen LogP contribution in [0.2, 0.25) is 0 Å². The number of carbonyl (C=O) groups is 1. The smallest absolute Gasteiger partial charge is 0.339 e. The fourth-order valence-corrected chi connectivity index (χ4v) is 2.84. The number of halogens is 1. The van der Waals surface area contributed by atoms with E-state index in [2.05, 4.69) is 11.8 Å². The monoisotopic (exact) mass is 423 g/mol. The number of carbonyl (C=O) groups excluding carboxylic acids is 1. The van der Waals surface area contributed by atoms with E-state index < -0.39 is 5.97 Å². The number of ether oxygens (including phenoxy) is 4. The lowest BCUT2D eigenvalue weighted by atomic mass is 10.0. The molecule has 6 nitrogen and oxygen atoms in total. The third-order valence-corrected chi connectivity index (χ3v) is 4.76. The predicted octanol–water partition coefficient (Wildman–Crippen LogP) is 4.37. The second-order valence-electron chi connectivity index (χ2n) is 6.77. The Morgan fingerprint density at radius 1 is 0.966 bits per heavy atom. The molecule has 0 saturated carbocycles. The molecule has 2 aromatic carbocycles. The van der Waals surface area contributed by atoms with Crippen molar-refractivity contribution in [2.45, 2.75) is 25.5 Å². The molecular weight excluding hydrogens is 394 g/mol. The van der Waals surface area contributed by atoms with E-state index in [4.69, 9.17) is 18.9 Å². The quantitative estimate of drug-likeness (QED) is 0.558. The Labute approximate surface area is 179 Å². The maximum Gasteiger partial charge on any atom is 0.339 e. The Hall–Kier alpha value is -2.44. The molecule has 2 unspecified atom stereocenters. The topological polar surface area (TPSA) is 57.2 Å². The number of rotatable bonds is 9. The summed E-state index contributed by atoms with van der Waals surface area (Å²) in [4.78, 5) is 15.0. The van der Waals surface area contributed by atoms with Crippen LogP contribution in [0.25, 0.3) is 0 Å². The first-order valence-electron chi connectivity index (χ1n) is 9.13. The summed E-state index contributed by atoms with van der Waals surface area (Å²) in [6.45, 7) is 2.10. The third kappa shape index (κ3) is 6.27. The zero-order chi connectivity index (χ0) is 20.7. The fourth-order valence-electron chi connectivity index (χ4n) is 2.84. The molecule has 0 saturated heterocycles. The van der Waals surface area contributed by atoms with E-state index in [1.54, 1.807) is 12.1 Å². The van der Waals surface area contributed by atoms with Crippen LogP contribution in [0.15, 0.2) is 42.5 Å². The second-order valence-corrected chi connectivity index (χ2v) is 6.77. The molecule has 2 atom stereocenters. The second kappa shape index (κ2) is 11.5. The Kier molecular flexibility index (Phi) is 9.78. The largest absolute Gasteiger partial charge is 0.493 e. The highest BCUT2D eigenvalue weighted by atomic mass is 35.5. The molecule has 0 spiro atoms. The summed E-state index contributed by atoms with van der Waals surface area (Å²) in [5.74, 6) is 0.805. The molecule has 0 aliphatic rings. The van der Waals surface area contributed by atoms with E-state index in [1.165, 1.54) is 21.3 Å². The van der Waals surface area contributed by atoms with Gasteiger partial charge in [0.2, 0.25) is 5.75 Å². The van der Waals surface area contributed by atoms with Crippen molar-refractivity contribution in [2.24, 2.45) is 0 Å². The summed E-state index contributed by atoms with van der Waals surface area (Å²) >= 11 is 0. The molecule has 0 radical (unpaired) electrons. The van der Waals surface area contributed by atoms with E-state index >= 15 is 0 Å². The van der Waals surface area contributed by atoms with Crippen molar-refractivity contribution in [3.05, 3.63) is 53.6 Å². The van der Waals surface area contributed by atoms with E-state index in [1.807, 2.05) is 44.4 Å². The molecule has 29 heavy (non-hydrogen) atoms. The summed E-state index contributed by atoms with van der Waals surface area (Å²) in [6, 6.07) is 13.2. The van der Waals surface area contributed by atoms with Crippen LogP contribution in [-0.4, -0.2) is 52.3 Å². The van der Waals surface area contributed by atoms with Gasteiger partial charge < -0.3 is 23.8 Å². The SMILES string of the molecule is COc1cc(C(=O)OC(CC(C)N(C)C)c2ccccc2)cc(OC)c1OC.Cl. The van der Waals surface area contributed by atoms with Gasteiger partial charge in [-0.3, -0.25) is 0 Å². The van der Waals surface area contributed by atoms with Crippen LogP contribution in [0.5, 0.6) is 17.2 Å². The van der Waals surface area contributed by atoms with Gasteiger partial charge in [-0.15, -0.1) is 12.4 Å². The van der Waals surface area contributed by atoms with E-state index in [0.717, 1.165) is 5.56 Å². The maximum absolute atomic E-state index is 12.9. The molecule has 0 aromatic heterocycles. The highest BCUT2D eigenvalue weighted by molar-refractivity contribution is 5.91. The predicted molar refractivity (Wildman–Crippen MR) is 116 cm³/mol. The number of methoxy groups -OCH3 is 3. The average molecular weight is 424 g/mol. The summed E-state index contributed by atoms with van der Waals surface area (Å²) in [5.41, 5.74) is 1.30. The van der Waals surface area contributed by atoms with Crippen molar-refractivity contribution in [1.29, 1.82) is 0 Å². The van der Waals surface area contributed by atoms with Gasteiger partial charge in [-0.2, -0.15) is 0 Å². The zero-order valence-electron chi connectivity index (χ0n) is 17.8. The lowest BCUT2D eigenvalue weighted by Gasteiger charge is -2.26. The average Bonchev–Trinajstić information content (AvgIpc) is 2.72. The van der Waals surface area contributed by atoms with Crippen LogP contribution in [0.1, 0.15) is 35.4 Å². The first-order chi connectivity index (χ1) is 13.4. The summed E-state index contributed by atoms with van der Waals surface area (Å²) in [6.07, 6.45) is 0.304. The molecule has 2 aromatic rings. The maximum atomic E-state index is 12.9. The van der Waals surface area contributed by atoms with Gasteiger partial charge in [0.15, 0.2) is 11.5 Å². The van der Waals surface area contributed by atoms with Crippen LogP contribution in [0.3, 0.4) is 0 Å². The standard InChI is InChI=1S/C22H29NO5.ClH/c1-15(23(2)3)12-18(16-10-8-7-9-11-16)28-22(24)17-13-19(25-4)21(27-6)20(14-17)26-5;/h7-11,13-15,18H,12H2,1-6H3;1H. The highest BCUT2D eigenvalue weighted by Gasteiger charge is 2.24.